The van der Waals surface area contributed by atoms with Crippen LogP contribution in [0.25, 0.3) is 0 Å². The van der Waals surface area contributed by atoms with E-state index in [1.165, 1.54) is 32.1 Å². The zero-order chi connectivity index (χ0) is 7.66. The lowest BCUT2D eigenvalue weighted by atomic mass is 10.1. The smallest absolute Gasteiger partial charge is 0.0348 e. The minimum absolute atomic E-state index is 1.17. The average molecular weight is 139 g/mol. The van der Waals surface area contributed by atoms with Crippen molar-refractivity contribution in [3.63, 3.8) is 0 Å². The van der Waals surface area contributed by atoms with E-state index in [4.69, 9.17) is 0 Å². The zero-order valence-corrected chi connectivity index (χ0v) is 7.27. The van der Waals surface area contributed by atoms with Crippen molar-refractivity contribution < 1.29 is 0 Å². The van der Waals surface area contributed by atoms with Crippen LogP contribution in [-0.2, 0) is 0 Å². The van der Waals surface area contributed by atoms with Crippen LogP contribution in [-0.4, -0.2) is 0 Å². The first-order chi connectivity index (χ1) is 4.91. The molecule has 0 spiro atoms. The van der Waals surface area contributed by atoms with Gasteiger partial charge < -0.3 is 0 Å². The Balaban J connectivity index is 2.83. The lowest BCUT2D eigenvalue weighted by Crippen LogP contribution is -1.74. The van der Waals surface area contributed by atoms with Crippen molar-refractivity contribution in [1.82, 2.24) is 0 Å². The number of hydrogen-bond donors (Lipinski definition) is 0. The van der Waals surface area contributed by atoms with Gasteiger partial charge in [-0.15, -0.1) is 0 Å². The van der Waals surface area contributed by atoms with Gasteiger partial charge in [0.2, 0.25) is 0 Å². The van der Waals surface area contributed by atoms with Crippen molar-refractivity contribution in [2.75, 3.05) is 0 Å². The third-order valence-electron chi connectivity index (χ3n) is 1.43. The monoisotopic (exact) mass is 139 g/mol. The van der Waals surface area contributed by atoms with Gasteiger partial charge in [-0.1, -0.05) is 38.8 Å². The molecule has 0 saturated carbocycles. The van der Waals surface area contributed by atoms with Crippen LogP contribution in [0, 0.1) is 6.42 Å². The van der Waals surface area contributed by atoms with E-state index in [0.717, 1.165) is 0 Å². The van der Waals surface area contributed by atoms with Crippen LogP contribution in [0.15, 0.2) is 12.2 Å². The van der Waals surface area contributed by atoms with Crippen LogP contribution in [0.1, 0.15) is 46.0 Å². The van der Waals surface area contributed by atoms with Crippen LogP contribution in [0.5, 0.6) is 0 Å². The molecule has 0 rings (SSSR count). The van der Waals surface area contributed by atoms with E-state index in [1.807, 2.05) is 0 Å². The van der Waals surface area contributed by atoms with Gasteiger partial charge >= 0.3 is 0 Å². The summed E-state index contributed by atoms with van der Waals surface area (Å²) in [6.07, 6.45) is 13.1. The molecular formula is C10H19. The van der Waals surface area contributed by atoms with Crippen LogP contribution in [0.4, 0.5) is 0 Å². The van der Waals surface area contributed by atoms with E-state index in [1.54, 1.807) is 0 Å². The van der Waals surface area contributed by atoms with Gasteiger partial charge in [0.05, 0.1) is 0 Å². The zero-order valence-electron chi connectivity index (χ0n) is 7.27. The maximum atomic E-state index is 2.38. The van der Waals surface area contributed by atoms with Gasteiger partial charge in [-0.25, -0.2) is 0 Å². The molecule has 59 valence electrons. The quantitative estimate of drug-likeness (QED) is 0.388. The predicted molar refractivity (Wildman–Crippen MR) is 47.9 cm³/mol. The Morgan fingerprint density at radius 3 is 2.30 bits per heavy atom. The Hall–Kier alpha value is -0.260. The van der Waals surface area contributed by atoms with E-state index >= 15 is 0 Å². The third kappa shape index (κ3) is 7.74. The first kappa shape index (κ1) is 9.74. The fourth-order valence-corrected chi connectivity index (χ4v) is 0.847. The summed E-state index contributed by atoms with van der Waals surface area (Å²) in [4.78, 5) is 0. The molecule has 0 heteroatoms. The number of unbranched alkanes of at least 4 members (excludes halogenated alkanes) is 4. The summed E-state index contributed by atoms with van der Waals surface area (Å²) < 4.78 is 0. The average Bonchev–Trinajstić information content (AvgIpc) is 1.97. The lowest BCUT2D eigenvalue weighted by molar-refractivity contribution is 0.820. The molecule has 10 heavy (non-hydrogen) atoms. The third-order valence-corrected chi connectivity index (χ3v) is 1.43. The molecule has 0 bridgehead atoms. The summed E-state index contributed by atoms with van der Waals surface area (Å²) in [5.74, 6) is 0. The minimum atomic E-state index is 1.17. The second-order valence-electron chi connectivity index (χ2n) is 2.53. The highest BCUT2D eigenvalue weighted by Crippen LogP contribution is 2.01. The van der Waals surface area contributed by atoms with Crippen molar-refractivity contribution in [2.45, 2.75) is 46.0 Å². The van der Waals surface area contributed by atoms with Gasteiger partial charge in [0.25, 0.3) is 0 Å². The molecule has 0 unspecified atom stereocenters. The number of rotatable bonds is 6. The Morgan fingerprint density at radius 1 is 0.900 bits per heavy atom. The lowest BCUT2D eigenvalue weighted by Gasteiger charge is -1.92. The largest absolute Gasteiger partial charge is 0.0888 e. The molecule has 0 aromatic heterocycles. The summed E-state index contributed by atoms with van der Waals surface area (Å²) in [7, 11) is 0. The van der Waals surface area contributed by atoms with Gasteiger partial charge in [-0.3, -0.25) is 0 Å². The summed E-state index contributed by atoms with van der Waals surface area (Å²) >= 11 is 0. The number of allylic oxidation sites excluding steroid dienone is 2. The van der Waals surface area contributed by atoms with Crippen molar-refractivity contribution >= 4 is 0 Å². The Bertz CT molecular complexity index is 72.1. The molecule has 0 saturated heterocycles. The molecule has 0 aliphatic rings. The minimum Gasteiger partial charge on any atom is -0.0888 e. The van der Waals surface area contributed by atoms with Gasteiger partial charge in [0.1, 0.15) is 0 Å². The highest BCUT2D eigenvalue weighted by molar-refractivity contribution is 4.82. The second-order valence-corrected chi connectivity index (χ2v) is 2.53. The molecule has 0 atom stereocenters. The fourth-order valence-electron chi connectivity index (χ4n) is 0.847. The molecule has 0 aromatic carbocycles. The summed E-state index contributed by atoms with van der Waals surface area (Å²) in [5.41, 5.74) is 0. The molecule has 0 fully saturated rings. The molecule has 0 N–H and O–H groups in total. The highest BCUT2D eigenvalue weighted by atomic mass is 13.9. The maximum Gasteiger partial charge on any atom is -0.0348 e. The molecule has 0 amide bonds. The van der Waals surface area contributed by atoms with E-state index in [9.17, 15) is 0 Å². The van der Waals surface area contributed by atoms with Gasteiger partial charge in [-0.2, -0.15) is 0 Å². The van der Waals surface area contributed by atoms with Crippen LogP contribution >= 0.6 is 0 Å². The van der Waals surface area contributed by atoms with Crippen molar-refractivity contribution in [2.24, 2.45) is 0 Å². The summed E-state index contributed by atoms with van der Waals surface area (Å²) in [6, 6.07) is 0. The van der Waals surface area contributed by atoms with Crippen LogP contribution in [0.3, 0.4) is 0 Å². The Labute approximate surface area is 65.3 Å². The molecule has 0 aliphatic carbocycles. The Morgan fingerprint density at radius 2 is 1.70 bits per heavy atom. The van der Waals surface area contributed by atoms with E-state index in [-0.39, 0.29) is 0 Å². The Kier molecular flexibility index (Phi) is 8.51. The summed E-state index contributed by atoms with van der Waals surface area (Å²) in [6.45, 7) is 4.39. The van der Waals surface area contributed by atoms with Gasteiger partial charge in [0.15, 0.2) is 0 Å². The van der Waals surface area contributed by atoms with Crippen molar-refractivity contribution in [3.8, 4) is 0 Å². The number of hydrogen-bond acceptors (Lipinski definition) is 0. The first-order valence-corrected chi connectivity index (χ1v) is 4.38. The SMILES string of the molecule is CCC=CCC[CH]CCC. The molecule has 0 heterocycles. The van der Waals surface area contributed by atoms with Crippen molar-refractivity contribution in [1.29, 1.82) is 0 Å². The predicted octanol–water partition coefficient (Wildman–Crippen LogP) is 3.74. The second kappa shape index (κ2) is 8.74. The maximum absolute atomic E-state index is 2.38. The van der Waals surface area contributed by atoms with E-state index in [2.05, 4.69) is 32.4 Å². The molecule has 0 aromatic rings. The molecular weight excluding hydrogens is 120 g/mol. The molecule has 1 radical (unpaired) electrons. The fraction of sp³-hybridized carbons (Fsp3) is 0.700. The topological polar surface area (TPSA) is 0 Å². The standard InChI is InChI=1S/C10H19/c1-3-5-7-9-10-8-6-4-2/h5,7-8H,3-4,6,9-10H2,1-2H3. The van der Waals surface area contributed by atoms with Crippen molar-refractivity contribution in [3.05, 3.63) is 18.6 Å². The first-order valence-electron chi connectivity index (χ1n) is 4.38. The van der Waals surface area contributed by atoms with Crippen LogP contribution in [0.2, 0.25) is 0 Å². The van der Waals surface area contributed by atoms with Gasteiger partial charge in [-0.05, 0) is 25.7 Å². The van der Waals surface area contributed by atoms with E-state index < -0.39 is 0 Å². The summed E-state index contributed by atoms with van der Waals surface area (Å²) in [5, 5.41) is 0. The van der Waals surface area contributed by atoms with Gasteiger partial charge in [0, 0.05) is 0 Å². The molecule has 0 aliphatic heterocycles. The van der Waals surface area contributed by atoms with Crippen LogP contribution < -0.4 is 0 Å². The van der Waals surface area contributed by atoms with E-state index in [0.29, 0.717) is 0 Å². The molecule has 0 nitrogen and oxygen atoms in total. The normalized spacial score (nSPS) is 11.0. The highest BCUT2D eigenvalue weighted by Gasteiger charge is 1.83.